The summed E-state index contributed by atoms with van der Waals surface area (Å²) in [4.78, 5) is 0. The number of nitrogens with one attached hydrogen (secondary N) is 1. The molecule has 0 aromatic carbocycles. The average molecular weight is 141 g/mol. The molecule has 2 nitrogen and oxygen atoms in total. The molecule has 1 fully saturated rings. The van der Waals surface area contributed by atoms with E-state index in [2.05, 4.69) is 25.2 Å². The van der Waals surface area contributed by atoms with Crippen molar-refractivity contribution >= 4 is 0 Å². The maximum absolute atomic E-state index is 5.30. The molecule has 10 heavy (non-hydrogen) atoms. The van der Waals surface area contributed by atoms with Crippen molar-refractivity contribution in [3.05, 3.63) is 11.6 Å². The Morgan fingerprint density at radius 1 is 1.70 bits per heavy atom. The highest BCUT2D eigenvalue weighted by Gasteiger charge is 2.12. The molecule has 0 radical (unpaired) electrons. The zero-order valence-electron chi connectivity index (χ0n) is 6.68. The van der Waals surface area contributed by atoms with Gasteiger partial charge in [0.2, 0.25) is 0 Å². The molecule has 0 amide bonds. The summed E-state index contributed by atoms with van der Waals surface area (Å²) in [5.74, 6) is 0. The molecule has 0 saturated carbocycles. The smallest absolute Gasteiger partial charge is 0.0658 e. The van der Waals surface area contributed by atoms with E-state index in [1.165, 1.54) is 5.57 Å². The summed E-state index contributed by atoms with van der Waals surface area (Å²) in [5, 5.41) is 3.38. The first-order valence-electron chi connectivity index (χ1n) is 3.78. The third kappa shape index (κ3) is 1.82. The molecule has 0 aromatic rings. The molecule has 58 valence electrons. The van der Waals surface area contributed by atoms with Crippen LogP contribution >= 0.6 is 0 Å². The Kier molecular flexibility index (Phi) is 2.90. The molecule has 1 saturated heterocycles. The molecule has 0 spiro atoms. The van der Waals surface area contributed by atoms with Gasteiger partial charge in [-0.05, 0) is 13.8 Å². The van der Waals surface area contributed by atoms with E-state index in [1.807, 2.05) is 0 Å². The van der Waals surface area contributed by atoms with Crippen molar-refractivity contribution in [1.29, 1.82) is 0 Å². The summed E-state index contributed by atoms with van der Waals surface area (Å²) in [6.07, 6.45) is 2.13. The van der Waals surface area contributed by atoms with Crippen LogP contribution in [0.15, 0.2) is 11.6 Å². The van der Waals surface area contributed by atoms with Crippen molar-refractivity contribution in [3.63, 3.8) is 0 Å². The van der Waals surface area contributed by atoms with Crippen LogP contribution in [-0.2, 0) is 4.74 Å². The van der Waals surface area contributed by atoms with Crippen LogP contribution in [0.2, 0.25) is 0 Å². The summed E-state index contributed by atoms with van der Waals surface area (Å²) in [6.45, 7) is 6.86. The first kappa shape index (κ1) is 7.76. The predicted octanol–water partition coefficient (Wildman–Crippen LogP) is 0.941. The molecule has 1 aliphatic heterocycles. The molecule has 1 rings (SSSR count). The maximum Gasteiger partial charge on any atom is 0.0658 e. The fourth-order valence-corrected chi connectivity index (χ4v) is 1.06. The molecule has 0 bridgehead atoms. The fraction of sp³-hybridized carbons (Fsp3) is 0.750. The van der Waals surface area contributed by atoms with Crippen LogP contribution in [0.25, 0.3) is 0 Å². The third-order valence-electron chi connectivity index (χ3n) is 1.93. The molecule has 1 heterocycles. The first-order chi connectivity index (χ1) is 4.84. The topological polar surface area (TPSA) is 21.3 Å². The van der Waals surface area contributed by atoms with E-state index in [9.17, 15) is 0 Å². The zero-order chi connectivity index (χ0) is 7.40. The lowest BCUT2D eigenvalue weighted by Gasteiger charge is -2.24. The minimum absolute atomic E-state index is 0.457. The number of allylic oxidation sites excluding steroid dienone is 1. The molecule has 0 aromatic heterocycles. The average Bonchev–Trinajstić information content (AvgIpc) is 2.05. The van der Waals surface area contributed by atoms with E-state index >= 15 is 0 Å². The van der Waals surface area contributed by atoms with Gasteiger partial charge in [-0.2, -0.15) is 0 Å². The van der Waals surface area contributed by atoms with Gasteiger partial charge in [0.1, 0.15) is 0 Å². The van der Waals surface area contributed by atoms with E-state index < -0.39 is 0 Å². The largest absolute Gasteiger partial charge is 0.378 e. The van der Waals surface area contributed by atoms with Gasteiger partial charge in [0, 0.05) is 6.54 Å². The number of rotatable bonds is 1. The first-order valence-corrected chi connectivity index (χ1v) is 3.78. The van der Waals surface area contributed by atoms with Crippen molar-refractivity contribution < 1.29 is 4.74 Å². The number of ether oxygens (including phenoxy) is 1. The van der Waals surface area contributed by atoms with E-state index in [0.29, 0.717) is 6.04 Å². The quantitative estimate of drug-likeness (QED) is 0.549. The Hall–Kier alpha value is -0.340. The van der Waals surface area contributed by atoms with Crippen LogP contribution in [0.3, 0.4) is 0 Å². The van der Waals surface area contributed by atoms with E-state index in [1.54, 1.807) is 0 Å². The second-order valence-electron chi connectivity index (χ2n) is 2.61. The zero-order valence-corrected chi connectivity index (χ0v) is 6.68. The molecule has 2 heteroatoms. The number of hydrogen-bond acceptors (Lipinski definition) is 2. The Morgan fingerprint density at radius 2 is 2.50 bits per heavy atom. The maximum atomic E-state index is 5.30. The summed E-state index contributed by atoms with van der Waals surface area (Å²) >= 11 is 0. The Labute approximate surface area is 62.3 Å². The second-order valence-corrected chi connectivity index (χ2v) is 2.61. The number of hydrogen-bond donors (Lipinski definition) is 1. The molecule has 0 aliphatic carbocycles. The third-order valence-corrected chi connectivity index (χ3v) is 1.93. The van der Waals surface area contributed by atoms with Crippen molar-refractivity contribution in [2.45, 2.75) is 19.9 Å². The monoisotopic (exact) mass is 141 g/mol. The Bertz CT molecular complexity index is 125. The van der Waals surface area contributed by atoms with E-state index in [0.717, 1.165) is 19.8 Å². The van der Waals surface area contributed by atoms with Crippen LogP contribution in [0.5, 0.6) is 0 Å². The molecular formula is C8H15NO. The summed E-state index contributed by atoms with van der Waals surface area (Å²) < 4.78 is 5.30. The minimum Gasteiger partial charge on any atom is -0.378 e. The van der Waals surface area contributed by atoms with E-state index in [-0.39, 0.29) is 0 Å². The molecule has 1 aliphatic rings. The van der Waals surface area contributed by atoms with Crippen LogP contribution in [0, 0.1) is 0 Å². The lowest BCUT2D eigenvalue weighted by atomic mass is 10.1. The SMILES string of the molecule is C/C=C(\C)[C@@H]1COCCN1. The highest BCUT2D eigenvalue weighted by atomic mass is 16.5. The summed E-state index contributed by atoms with van der Waals surface area (Å²) in [7, 11) is 0. The van der Waals surface area contributed by atoms with Gasteiger partial charge in [-0.15, -0.1) is 0 Å². The van der Waals surface area contributed by atoms with Gasteiger partial charge in [-0.3, -0.25) is 0 Å². The molecular weight excluding hydrogens is 126 g/mol. The van der Waals surface area contributed by atoms with Gasteiger partial charge >= 0.3 is 0 Å². The fourth-order valence-electron chi connectivity index (χ4n) is 1.06. The lowest BCUT2D eigenvalue weighted by Crippen LogP contribution is -2.41. The van der Waals surface area contributed by atoms with Gasteiger partial charge in [-0.1, -0.05) is 11.6 Å². The van der Waals surface area contributed by atoms with Crippen molar-refractivity contribution in [2.24, 2.45) is 0 Å². The van der Waals surface area contributed by atoms with Crippen LogP contribution in [0.4, 0.5) is 0 Å². The Balaban J connectivity index is 2.39. The van der Waals surface area contributed by atoms with Crippen LogP contribution < -0.4 is 5.32 Å². The molecule has 0 unspecified atom stereocenters. The highest BCUT2D eigenvalue weighted by molar-refractivity contribution is 5.07. The standard InChI is InChI=1S/C8H15NO/c1-3-7(2)8-6-10-5-4-9-8/h3,8-9H,4-6H2,1-2H3/b7-3+/t8-/m0/s1. The van der Waals surface area contributed by atoms with Gasteiger partial charge in [-0.25, -0.2) is 0 Å². The normalized spacial score (nSPS) is 28.6. The number of morpholine rings is 1. The molecule has 1 N–H and O–H groups in total. The van der Waals surface area contributed by atoms with Gasteiger partial charge < -0.3 is 10.1 Å². The van der Waals surface area contributed by atoms with E-state index in [4.69, 9.17) is 4.74 Å². The van der Waals surface area contributed by atoms with Gasteiger partial charge in [0.15, 0.2) is 0 Å². The van der Waals surface area contributed by atoms with Gasteiger partial charge in [0.05, 0.1) is 19.3 Å². The van der Waals surface area contributed by atoms with Gasteiger partial charge in [0.25, 0.3) is 0 Å². The van der Waals surface area contributed by atoms with Crippen molar-refractivity contribution in [3.8, 4) is 0 Å². The molecule has 1 atom stereocenters. The van der Waals surface area contributed by atoms with Crippen molar-refractivity contribution in [2.75, 3.05) is 19.8 Å². The van der Waals surface area contributed by atoms with Crippen LogP contribution in [-0.4, -0.2) is 25.8 Å². The Morgan fingerprint density at radius 3 is 3.00 bits per heavy atom. The van der Waals surface area contributed by atoms with Crippen LogP contribution in [0.1, 0.15) is 13.8 Å². The summed E-state index contributed by atoms with van der Waals surface area (Å²) in [6, 6.07) is 0.457. The predicted molar refractivity (Wildman–Crippen MR) is 42.0 cm³/mol. The highest BCUT2D eigenvalue weighted by Crippen LogP contribution is 2.03. The summed E-state index contributed by atoms with van der Waals surface area (Å²) in [5.41, 5.74) is 1.37. The lowest BCUT2D eigenvalue weighted by molar-refractivity contribution is 0.0870. The second kappa shape index (κ2) is 3.74. The minimum atomic E-state index is 0.457. The van der Waals surface area contributed by atoms with Crippen molar-refractivity contribution in [1.82, 2.24) is 5.32 Å².